The first-order chi connectivity index (χ1) is 3.93. The summed E-state index contributed by atoms with van der Waals surface area (Å²) in [5.41, 5.74) is 5.15. The molecule has 0 unspecified atom stereocenters. The molecule has 2 N–H and O–H groups in total. The summed E-state index contributed by atoms with van der Waals surface area (Å²) in [5.74, 6) is 0. The molecule has 0 saturated heterocycles. The Labute approximate surface area is 52.5 Å². The largest absolute Gasteiger partial charge is 0.405 e. The predicted molar refractivity (Wildman–Crippen MR) is 37.5 cm³/mol. The van der Waals surface area contributed by atoms with Crippen molar-refractivity contribution >= 4 is 17.4 Å². The zero-order valence-corrected chi connectivity index (χ0v) is 5.19. The van der Waals surface area contributed by atoms with Gasteiger partial charge in [-0.05, 0) is 23.7 Å². The molecule has 0 spiro atoms. The Morgan fingerprint density at radius 3 is 3.00 bits per heavy atom. The Hall–Kier alpha value is -0.760. The van der Waals surface area contributed by atoms with Crippen molar-refractivity contribution in [1.82, 2.24) is 0 Å². The fourth-order valence-electron chi connectivity index (χ4n) is 0.481. The van der Waals surface area contributed by atoms with Gasteiger partial charge in [-0.3, -0.25) is 0 Å². The third kappa shape index (κ3) is 1.10. The molecule has 1 nitrogen and oxygen atoms in total. The number of nitrogens with two attached hydrogens (primary N) is 1. The van der Waals surface area contributed by atoms with Gasteiger partial charge in [-0.1, -0.05) is 6.07 Å². The van der Waals surface area contributed by atoms with Crippen LogP contribution in [-0.2, 0) is 0 Å². The van der Waals surface area contributed by atoms with E-state index < -0.39 is 0 Å². The van der Waals surface area contributed by atoms with E-state index in [-0.39, 0.29) is 0 Å². The highest BCUT2D eigenvalue weighted by Gasteiger charge is 1.80. The molecule has 0 fully saturated rings. The van der Waals surface area contributed by atoms with Crippen molar-refractivity contribution in [3.63, 3.8) is 0 Å². The molecule has 8 heavy (non-hydrogen) atoms. The van der Waals surface area contributed by atoms with Crippen LogP contribution >= 0.6 is 11.3 Å². The molecule has 0 amide bonds. The number of hydrogen-bond donors (Lipinski definition) is 1. The Bertz CT molecular complexity index is 165. The zero-order valence-electron chi connectivity index (χ0n) is 4.37. The summed E-state index contributed by atoms with van der Waals surface area (Å²) in [4.78, 5) is 1.20. The summed E-state index contributed by atoms with van der Waals surface area (Å²) in [7, 11) is 0. The lowest BCUT2D eigenvalue weighted by Gasteiger charge is -1.75. The lowest BCUT2D eigenvalue weighted by Crippen LogP contribution is -1.72. The van der Waals surface area contributed by atoms with Gasteiger partial charge in [0.2, 0.25) is 0 Å². The third-order valence-corrected chi connectivity index (χ3v) is 1.64. The molecule has 1 aromatic heterocycles. The van der Waals surface area contributed by atoms with Crippen LogP contribution in [0.15, 0.2) is 23.7 Å². The Morgan fingerprint density at radius 2 is 2.50 bits per heavy atom. The van der Waals surface area contributed by atoms with Crippen LogP contribution in [0.3, 0.4) is 0 Å². The fraction of sp³-hybridized carbons (Fsp3) is 0. The number of hydrogen-bond acceptors (Lipinski definition) is 2. The predicted octanol–water partition coefficient (Wildman–Crippen LogP) is 1.68. The minimum atomic E-state index is 1.20. The smallest absolute Gasteiger partial charge is 0.0284 e. The van der Waals surface area contributed by atoms with Crippen LogP contribution in [0.4, 0.5) is 0 Å². The van der Waals surface area contributed by atoms with Gasteiger partial charge < -0.3 is 5.73 Å². The topological polar surface area (TPSA) is 26.0 Å². The van der Waals surface area contributed by atoms with Crippen molar-refractivity contribution in [3.8, 4) is 0 Å². The van der Waals surface area contributed by atoms with E-state index >= 15 is 0 Å². The summed E-state index contributed by atoms with van der Waals surface area (Å²) in [6.07, 6.45) is 3.43. The SMILES string of the molecule is N/C=C/c1cccs1. The molecular weight excluding hydrogens is 118 g/mol. The molecule has 0 aliphatic carbocycles. The van der Waals surface area contributed by atoms with Gasteiger partial charge in [0.25, 0.3) is 0 Å². The molecular formula is C6H7NS. The van der Waals surface area contributed by atoms with Crippen LogP contribution in [0, 0.1) is 0 Å². The molecule has 2 heteroatoms. The highest BCUT2D eigenvalue weighted by atomic mass is 32.1. The van der Waals surface area contributed by atoms with Crippen LogP contribution in [0.2, 0.25) is 0 Å². The molecule has 1 rings (SSSR count). The van der Waals surface area contributed by atoms with E-state index in [1.807, 2.05) is 23.6 Å². The van der Waals surface area contributed by atoms with Gasteiger partial charge in [-0.15, -0.1) is 11.3 Å². The maximum Gasteiger partial charge on any atom is 0.0284 e. The van der Waals surface area contributed by atoms with Crippen molar-refractivity contribution in [3.05, 3.63) is 28.6 Å². The summed E-state index contributed by atoms with van der Waals surface area (Å²) in [6, 6.07) is 4.02. The Morgan fingerprint density at radius 1 is 1.62 bits per heavy atom. The molecule has 42 valence electrons. The summed E-state index contributed by atoms with van der Waals surface area (Å²) in [6.45, 7) is 0. The summed E-state index contributed by atoms with van der Waals surface area (Å²) >= 11 is 1.68. The first-order valence-corrected chi connectivity index (χ1v) is 3.23. The second-order valence-electron chi connectivity index (χ2n) is 1.37. The van der Waals surface area contributed by atoms with Crippen LogP contribution in [0.25, 0.3) is 6.08 Å². The summed E-state index contributed by atoms with van der Waals surface area (Å²) < 4.78 is 0. The minimum Gasteiger partial charge on any atom is -0.405 e. The van der Waals surface area contributed by atoms with Crippen molar-refractivity contribution in [2.24, 2.45) is 5.73 Å². The summed E-state index contributed by atoms with van der Waals surface area (Å²) in [5, 5.41) is 2.02. The van der Waals surface area contributed by atoms with Crippen LogP contribution < -0.4 is 5.73 Å². The highest BCUT2D eigenvalue weighted by molar-refractivity contribution is 7.10. The first kappa shape index (κ1) is 5.38. The normalized spacial score (nSPS) is 10.5. The average molecular weight is 125 g/mol. The molecule has 0 radical (unpaired) electrons. The lowest BCUT2D eigenvalue weighted by molar-refractivity contribution is 1.64. The first-order valence-electron chi connectivity index (χ1n) is 2.35. The van der Waals surface area contributed by atoms with Gasteiger partial charge in [0.15, 0.2) is 0 Å². The monoisotopic (exact) mass is 125 g/mol. The quantitative estimate of drug-likeness (QED) is 0.607. The third-order valence-electron chi connectivity index (χ3n) is 0.804. The van der Waals surface area contributed by atoms with E-state index in [1.165, 1.54) is 4.88 Å². The van der Waals surface area contributed by atoms with Crippen molar-refractivity contribution in [1.29, 1.82) is 0 Å². The number of thiophene rings is 1. The highest BCUT2D eigenvalue weighted by Crippen LogP contribution is 2.08. The maximum atomic E-state index is 5.15. The van der Waals surface area contributed by atoms with Gasteiger partial charge in [0.1, 0.15) is 0 Å². The zero-order chi connectivity index (χ0) is 5.82. The van der Waals surface area contributed by atoms with Crippen LogP contribution in [0.5, 0.6) is 0 Å². The van der Waals surface area contributed by atoms with Gasteiger partial charge in [0, 0.05) is 4.88 Å². The second-order valence-corrected chi connectivity index (χ2v) is 2.35. The Kier molecular flexibility index (Phi) is 1.70. The molecule has 0 saturated carbocycles. The van der Waals surface area contributed by atoms with E-state index in [9.17, 15) is 0 Å². The fourth-order valence-corrected chi connectivity index (χ4v) is 1.11. The van der Waals surface area contributed by atoms with Gasteiger partial charge >= 0.3 is 0 Å². The van der Waals surface area contributed by atoms with Crippen LogP contribution in [0.1, 0.15) is 4.88 Å². The van der Waals surface area contributed by atoms with Crippen molar-refractivity contribution < 1.29 is 0 Å². The molecule has 1 aromatic rings. The van der Waals surface area contributed by atoms with Gasteiger partial charge in [-0.25, -0.2) is 0 Å². The maximum absolute atomic E-state index is 5.15. The molecule has 1 heterocycles. The molecule has 0 aliphatic rings. The van der Waals surface area contributed by atoms with E-state index in [1.54, 1.807) is 17.5 Å². The molecule has 0 bridgehead atoms. The van der Waals surface area contributed by atoms with Crippen molar-refractivity contribution in [2.45, 2.75) is 0 Å². The molecule has 0 aromatic carbocycles. The van der Waals surface area contributed by atoms with Gasteiger partial charge in [-0.2, -0.15) is 0 Å². The molecule has 0 atom stereocenters. The second kappa shape index (κ2) is 2.52. The van der Waals surface area contributed by atoms with Crippen molar-refractivity contribution in [2.75, 3.05) is 0 Å². The van der Waals surface area contributed by atoms with E-state index in [2.05, 4.69) is 0 Å². The van der Waals surface area contributed by atoms with E-state index in [0.29, 0.717) is 0 Å². The standard InChI is InChI=1S/C6H7NS/c7-4-3-6-2-1-5-8-6/h1-5H,7H2/b4-3+. The number of rotatable bonds is 1. The lowest BCUT2D eigenvalue weighted by atomic mass is 10.5. The Balaban J connectivity index is 2.77. The van der Waals surface area contributed by atoms with E-state index in [0.717, 1.165) is 0 Å². The molecule has 0 aliphatic heterocycles. The minimum absolute atomic E-state index is 1.20. The van der Waals surface area contributed by atoms with Crippen LogP contribution in [-0.4, -0.2) is 0 Å². The van der Waals surface area contributed by atoms with E-state index in [4.69, 9.17) is 5.73 Å². The average Bonchev–Trinajstić information content (AvgIpc) is 2.19. The van der Waals surface area contributed by atoms with Gasteiger partial charge in [0.05, 0.1) is 0 Å².